The maximum atomic E-state index is 12.2. The van der Waals surface area contributed by atoms with Crippen LogP contribution in [0.4, 0.5) is 10.5 Å². The van der Waals surface area contributed by atoms with Crippen molar-refractivity contribution in [2.45, 2.75) is 27.3 Å². The molecule has 0 saturated carbocycles. The highest BCUT2D eigenvalue weighted by Crippen LogP contribution is 2.34. The number of urea groups is 1. The Kier molecular flexibility index (Phi) is 4.30. The molecule has 0 aliphatic carbocycles. The Morgan fingerprint density at radius 3 is 2.78 bits per heavy atom. The third-order valence-electron chi connectivity index (χ3n) is 3.93. The van der Waals surface area contributed by atoms with Gasteiger partial charge in [0.2, 0.25) is 0 Å². The van der Waals surface area contributed by atoms with Crippen molar-refractivity contribution in [3.05, 3.63) is 58.2 Å². The quantitative estimate of drug-likeness (QED) is 0.742. The molecule has 3 rings (SSSR count). The largest absolute Gasteiger partial charge is 0.334 e. The van der Waals surface area contributed by atoms with E-state index >= 15 is 0 Å². The number of anilines is 1. The van der Waals surface area contributed by atoms with E-state index in [1.54, 1.807) is 17.5 Å². The van der Waals surface area contributed by atoms with Gasteiger partial charge in [-0.15, -0.1) is 11.3 Å². The van der Waals surface area contributed by atoms with Crippen molar-refractivity contribution in [3.63, 3.8) is 0 Å². The van der Waals surface area contributed by atoms with Gasteiger partial charge in [0.25, 0.3) is 0 Å². The number of aryl methyl sites for hydroxylation is 3. The van der Waals surface area contributed by atoms with Gasteiger partial charge in [0, 0.05) is 29.2 Å². The molecule has 2 heterocycles. The van der Waals surface area contributed by atoms with Crippen LogP contribution in [0, 0.1) is 20.8 Å². The van der Waals surface area contributed by atoms with Crippen LogP contribution in [0.2, 0.25) is 0 Å². The fraction of sp³-hybridized carbons (Fsp3) is 0.222. The first-order valence-electron chi connectivity index (χ1n) is 7.48. The second-order valence-electron chi connectivity index (χ2n) is 5.63. The lowest BCUT2D eigenvalue weighted by Crippen LogP contribution is -2.28. The molecule has 2 N–H and O–H groups in total. The summed E-state index contributed by atoms with van der Waals surface area (Å²) in [5.74, 6) is 0. The third kappa shape index (κ3) is 3.35. The number of nitrogens with one attached hydrogen (secondary N) is 2. The number of fused-ring (bicyclic) bond motifs is 1. The number of aromatic nitrogens is 1. The summed E-state index contributed by atoms with van der Waals surface area (Å²) in [5.41, 5.74) is 4.45. The van der Waals surface area contributed by atoms with Gasteiger partial charge in [0.15, 0.2) is 0 Å². The molecular formula is C18H19N3OS. The minimum Gasteiger partial charge on any atom is -0.334 e. The van der Waals surface area contributed by atoms with Crippen molar-refractivity contribution in [2.24, 2.45) is 0 Å². The number of benzene rings is 1. The van der Waals surface area contributed by atoms with E-state index in [9.17, 15) is 4.79 Å². The number of pyridine rings is 1. The third-order valence-corrected chi connectivity index (χ3v) is 4.99. The van der Waals surface area contributed by atoms with Gasteiger partial charge in [0.05, 0.1) is 10.4 Å². The molecule has 118 valence electrons. The van der Waals surface area contributed by atoms with E-state index in [1.807, 2.05) is 25.3 Å². The molecule has 2 aromatic heterocycles. The van der Waals surface area contributed by atoms with Crippen LogP contribution in [0.25, 0.3) is 10.1 Å². The molecule has 0 unspecified atom stereocenters. The molecule has 0 radical (unpaired) electrons. The smallest absolute Gasteiger partial charge is 0.319 e. The normalized spacial score (nSPS) is 10.7. The Balaban J connectivity index is 1.69. The number of hydrogen-bond donors (Lipinski definition) is 2. The van der Waals surface area contributed by atoms with E-state index < -0.39 is 0 Å². The Labute approximate surface area is 139 Å². The second kappa shape index (κ2) is 6.38. The highest BCUT2D eigenvalue weighted by molar-refractivity contribution is 7.19. The Hall–Kier alpha value is -2.40. The molecule has 0 fully saturated rings. The van der Waals surface area contributed by atoms with Gasteiger partial charge in [-0.25, -0.2) is 4.79 Å². The summed E-state index contributed by atoms with van der Waals surface area (Å²) in [6.07, 6.45) is 3.57. The van der Waals surface area contributed by atoms with Crippen LogP contribution < -0.4 is 10.6 Å². The molecule has 1 aromatic carbocycles. The van der Waals surface area contributed by atoms with Crippen LogP contribution in [-0.4, -0.2) is 11.0 Å². The van der Waals surface area contributed by atoms with Crippen molar-refractivity contribution in [1.29, 1.82) is 0 Å². The number of hydrogen-bond acceptors (Lipinski definition) is 3. The zero-order valence-electron chi connectivity index (χ0n) is 13.4. The molecular weight excluding hydrogens is 306 g/mol. The van der Waals surface area contributed by atoms with E-state index in [2.05, 4.69) is 41.6 Å². The Bertz CT molecular complexity index is 870. The van der Waals surface area contributed by atoms with Crippen LogP contribution in [0.1, 0.15) is 21.6 Å². The van der Waals surface area contributed by atoms with Gasteiger partial charge in [0.1, 0.15) is 0 Å². The first-order chi connectivity index (χ1) is 11.0. The average molecular weight is 325 g/mol. The molecule has 0 bridgehead atoms. The predicted octanol–water partition coefficient (Wildman–Crippen LogP) is 4.54. The SMILES string of the molecule is Cc1ccc(CNC(=O)Nc2c(C)sc3cnccc23)cc1C. The fourth-order valence-corrected chi connectivity index (χ4v) is 3.47. The summed E-state index contributed by atoms with van der Waals surface area (Å²) >= 11 is 1.63. The van der Waals surface area contributed by atoms with E-state index in [-0.39, 0.29) is 6.03 Å². The fourth-order valence-electron chi connectivity index (χ4n) is 2.48. The minimum absolute atomic E-state index is 0.192. The van der Waals surface area contributed by atoms with Gasteiger partial charge in [-0.3, -0.25) is 4.98 Å². The molecule has 0 aliphatic heterocycles. The lowest BCUT2D eigenvalue weighted by molar-refractivity contribution is 0.252. The van der Waals surface area contributed by atoms with Crippen LogP contribution >= 0.6 is 11.3 Å². The summed E-state index contributed by atoms with van der Waals surface area (Å²) in [4.78, 5) is 17.4. The lowest BCUT2D eigenvalue weighted by Gasteiger charge is -2.09. The maximum absolute atomic E-state index is 12.2. The molecule has 2 amide bonds. The molecule has 23 heavy (non-hydrogen) atoms. The monoisotopic (exact) mass is 325 g/mol. The first-order valence-corrected chi connectivity index (χ1v) is 8.30. The van der Waals surface area contributed by atoms with E-state index in [0.717, 1.165) is 26.2 Å². The summed E-state index contributed by atoms with van der Waals surface area (Å²) in [5, 5.41) is 6.91. The number of rotatable bonds is 3. The topological polar surface area (TPSA) is 54.0 Å². The van der Waals surface area contributed by atoms with Crippen molar-refractivity contribution >= 4 is 33.1 Å². The Morgan fingerprint density at radius 1 is 1.17 bits per heavy atom. The average Bonchev–Trinajstić information content (AvgIpc) is 2.84. The number of carbonyl (C=O) groups excluding carboxylic acids is 1. The van der Waals surface area contributed by atoms with Crippen molar-refractivity contribution in [3.8, 4) is 0 Å². The van der Waals surface area contributed by atoms with Crippen molar-refractivity contribution in [1.82, 2.24) is 10.3 Å². The predicted molar refractivity (Wildman–Crippen MR) is 96.1 cm³/mol. The summed E-state index contributed by atoms with van der Waals surface area (Å²) in [7, 11) is 0. The van der Waals surface area contributed by atoms with Crippen LogP contribution in [0.3, 0.4) is 0 Å². The van der Waals surface area contributed by atoms with E-state index in [0.29, 0.717) is 6.54 Å². The zero-order valence-corrected chi connectivity index (χ0v) is 14.3. The van der Waals surface area contributed by atoms with E-state index in [1.165, 1.54) is 11.1 Å². The van der Waals surface area contributed by atoms with Gasteiger partial charge >= 0.3 is 6.03 Å². The van der Waals surface area contributed by atoms with Gasteiger partial charge in [-0.2, -0.15) is 0 Å². The molecule has 3 aromatic rings. The maximum Gasteiger partial charge on any atom is 0.319 e. The number of nitrogens with zero attached hydrogens (tertiary/aromatic N) is 1. The highest BCUT2D eigenvalue weighted by Gasteiger charge is 2.11. The van der Waals surface area contributed by atoms with Crippen LogP contribution in [0.15, 0.2) is 36.7 Å². The summed E-state index contributed by atoms with van der Waals surface area (Å²) in [6.45, 7) is 6.67. The van der Waals surface area contributed by atoms with Gasteiger partial charge < -0.3 is 10.6 Å². The summed E-state index contributed by atoms with van der Waals surface area (Å²) < 4.78 is 1.08. The minimum atomic E-state index is -0.192. The number of amides is 2. The molecule has 5 heteroatoms. The van der Waals surface area contributed by atoms with Crippen molar-refractivity contribution < 1.29 is 4.79 Å². The first kappa shape index (κ1) is 15.5. The van der Waals surface area contributed by atoms with Crippen LogP contribution in [0.5, 0.6) is 0 Å². The molecule has 0 aliphatic rings. The molecule has 0 saturated heterocycles. The number of thiophene rings is 1. The van der Waals surface area contributed by atoms with Crippen molar-refractivity contribution in [2.75, 3.05) is 5.32 Å². The van der Waals surface area contributed by atoms with Crippen LogP contribution in [-0.2, 0) is 6.54 Å². The number of carbonyl (C=O) groups is 1. The van der Waals surface area contributed by atoms with E-state index in [4.69, 9.17) is 0 Å². The molecule has 0 atom stereocenters. The summed E-state index contributed by atoms with van der Waals surface area (Å²) in [6, 6.07) is 7.96. The highest BCUT2D eigenvalue weighted by atomic mass is 32.1. The zero-order chi connectivity index (χ0) is 16.4. The standard InChI is InChI=1S/C18H19N3OS/c1-11-4-5-14(8-12(11)2)9-20-18(22)21-17-13(3)23-16-10-19-7-6-15(16)17/h4-8,10H,9H2,1-3H3,(H2,20,21,22). The molecule has 0 spiro atoms. The Morgan fingerprint density at radius 2 is 2.00 bits per heavy atom. The molecule has 4 nitrogen and oxygen atoms in total. The van der Waals surface area contributed by atoms with Gasteiger partial charge in [-0.05, 0) is 43.5 Å². The lowest BCUT2D eigenvalue weighted by atomic mass is 10.1. The second-order valence-corrected chi connectivity index (χ2v) is 6.89. The van der Waals surface area contributed by atoms with Gasteiger partial charge in [-0.1, -0.05) is 18.2 Å².